The Bertz CT molecular complexity index is 1160. The molecule has 7 heteroatoms. The summed E-state index contributed by atoms with van der Waals surface area (Å²) in [5.41, 5.74) is 4.33. The minimum atomic E-state index is 0.196. The highest BCUT2D eigenvalue weighted by Crippen LogP contribution is 2.37. The fourth-order valence-corrected chi connectivity index (χ4v) is 5.36. The van der Waals surface area contributed by atoms with E-state index in [4.69, 9.17) is 0 Å². The van der Waals surface area contributed by atoms with Gasteiger partial charge in [-0.3, -0.25) is 4.68 Å². The molecule has 31 heavy (non-hydrogen) atoms. The highest BCUT2D eigenvalue weighted by molar-refractivity contribution is 5.77. The number of hydrogen-bond acceptors (Lipinski definition) is 6. The first kappa shape index (κ1) is 18.6. The zero-order valence-corrected chi connectivity index (χ0v) is 17.6. The summed E-state index contributed by atoms with van der Waals surface area (Å²) in [6.07, 6.45) is 13.0. The normalized spacial score (nSPS) is 24.4. The minimum absolute atomic E-state index is 0.196. The molecule has 3 aromatic rings. The van der Waals surface area contributed by atoms with Gasteiger partial charge in [-0.15, -0.1) is 10.2 Å². The molecule has 2 fully saturated rings. The van der Waals surface area contributed by atoms with E-state index in [0.717, 1.165) is 29.1 Å². The summed E-state index contributed by atoms with van der Waals surface area (Å²) in [6, 6.07) is 9.49. The van der Waals surface area contributed by atoms with Crippen LogP contribution in [0, 0.1) is 0 Å². The summed E-state index contributed by atoms with van der Waals surface area (Å²) in [6.45, 7) is 0.885. The maximum absolute atomic E-state index is 10.7. The molecule has 1 unspecified atom stereocenters. The van der Waals surface area contributed by atoms with Gasteiger partial charge in [-0.25, -0.2) is 0 Å². The molecule has 0 radical (unpaired) electrons. The van der Waals surface area contributed by atoms with E-state index in [-0.39, 0.29) is 5.75 Å². The predicted molar refractivity (Wildman–Crippen MR) is 121 cm³/mol. The van der Waals surface area contributed by atoms with Crippen LogP contribution in [0.2, 0.25) is 0 Å². The number of rotatable bonds is 3. The molecule has 0 aliphatic carbocycles. The molecule has 2 N–H and O–H groups in total. The van der Waals surface area contributed by atoms with Crippen molar-refractivity contribution in [3.05, 3.63) is 48.3 Å². The molecular formula is C24H26N6O. The molecule has 3 aliphatic rings. The van der Waals surface area contributed by atoms with Crippen molar-refractivity contribution in [1.29, 1.82) is 0 Å². The highest BCUT2D eigenvalue weighted by atomic mass is 16.3. The average Bonchev–Trinajstić information content (AvgIpc) is 3.37. The lowest BCUT2D eigenvalue weighted by Gasteiger charge is -2.39. The van der Waals surface area contributed by atoms with Crippen LogP contribution in [0.4, 0.5) is 5.82 Å². The summed E-state index contributed by atoms with van der Waals surface area (Å²) in [7, 11) is 1.88. The van der Waals surface area contributed by atoms with Crippen LogP contribution in [-0.2, 0) is 7.05 Å². The molecule has 0 saturated carbocycles. The summed E-state index contributed by atoms with van der Waals surface area (Å²) in [5, 5.41) is 27.8. The molecule has 2 aromatic heterocycles. The van der Waals surface area contributed by atoms with Gasteiger partial charge in [0.05, 0.1) is 11.9 Å². The van der Waals surface area contributed by atoms with Crippen LogP contribution in [0.5, 0.6) is 5.75 Å². The zero-order valence-electron chi connectivity index (χ0n) is 17.6. The predicted octanol–water partition coefficient (Wildman–Crippen LogP) is 3.37. The van der Waals surface area contributed by atoms with Crippen LogP contribution < -0.4 is 10.2 Å². The average molecular weight is 415 g/mol. The van der Waals surface area contributed by atoms with Crippen LogP contribution in [0.1, 0.15) is 31.2 Å². The van der Waals surface area contributed by atoms with Crippen LogP contribution in [0.25, 0.3) is 28.5 Å². The number of fused-ring (bicyclic) bond motifs is 3. The second kappa shape index (κ2) is 7.20. The van der Waals surface area contributed by atoms with Gasteiger partial charge < -0.3 is 15.3 Å². The number of aromatic hydroxyl groups is 1. The van der Waals surface area contributed by atoms with Crippen molar-refractivity contribution in [1.82, 2.24) is 25.3 Å². The number of nitrogens with zero attached hydrogens (tertiary/aromatic N) is 5. The standard InChI is InChI=1S/C24H26N6O/c1-29-14-17(13-25-29)15-4-7-21(23(31)10-15)22-9-16-3-2-8-30(24(16)28-27-22)20-11-18-5-6-19(12-20)26-18/h2-4,7,9-10,13-14,18-20,26,31H,5-6,8,11-12H2,1H3/t18-,19+,20?. The monoisotopic (exact) mass is 414 g/mol. The molecule has 5 heterocycles. The largest absolute Gasteiger partial charge is 0.507 e. The fraction of sp³-hybridized carbons (Fsp3) is 0.375. The Morgan fingerprint density at radius 1 is 1.06 bits per heavy atom. The minimum Gasteiger partial charge on any atom is -0.507 e. The van der Waals surface area contributed by atoms with Gasteiger partial charge in [-0.05, 0) is 49.4 Å². The van der Waals surface area contributed by atoms with Crippen molar-refractivity contribution < 1.29 is 5.11 Å². The smallest absolute Gasteiger partial charge is 0.159 e. The third-order valence-corrected chi connectivity index (χ3v) is 6.88. The Morgan fingerprint density at radius 3 is 2.65 bits per heavy atom. The Balaban J connectivity index is 1.30. The van der Waals surface area contributed by atoms with Crippen molar-refractivity contribution in [2.45, 2.75) is 43.8 Å². The first-order valence-electron chi connectivity index (χ1n) is 11.0. The second-order valence-corrected chi connectivity index (χ2v) is 8.96. The van der Waals surface area contributed by atoms with E-state index in [0.29, 0.717) is 29.4 Å². The van der Waals surface area contributed by atoms with Gasteiger partial charge in [0.1, 0.15) is 5.75 Å². The van der Waals surface area contributed by atoms with Crippen LogP contribution in [-0.4, -0.2) is 49.8 Å². The number of hydrogen-bond donors (Lipinski definition) is 2. The van der Waals surface area contributed by atoms with Crippen molar-refractivity contribution in [3.8, 4) is 28.1 Å². The second-order valence-electron chi connectivity index (χ2n) is 8.96. The van der Waals surface area contributed by atoms with Crippen LogP contribution in [0.3, 0.4) is 0 Å². The maximum atomic E-state index is 10.7. The first-order chi connectivity index (χ1) is 15.1. The Labute approximate surface area is 181 Å². The molecule has 0 spiro atoms. The van der Waals surface area contributed by atoms with E-state index in [1.807, 2.05) is 31.4 Å². The molecule has 7 nitrogen and oxygen atoms in total. The third-order valence-electron chi connectivity index (χ3n) is 6.88. The van der Waals surface area contributed by atoms with E-state index >= 15 is 0 Å². The molecule has 3 aliphatic heterocycles. The van der Waals surface area contributed by atoms with Crippen LogP contribution in [0.15, 0.2) is 42.7 Å². The lowest BCUT2D eigenvalue weighted by molar-refractivity contribution is 0.349. The van der Waals surface area contributed by atoms with Gasteiger partial charge in [-0.1, -0.05) is 18.2 Å². The summed E-state index contributed by atoms with van der Waals surface area (Å²) in [4.78, 5) is 2.42. The quantitative estimate of drug-likeness (QED) is 0.684. The lowest BCUT2D eigenvalue weighted by Crippen LogP contribution is -2.49. The number of aromatic nitrogens is 4. The molecule has 2 bridgehead atoms. The fourth-order valence-electron chi connectivity index (χ4n) is 5.36. The van der Waals surface area contributed by atoms with Crippen molar-refractivity contribution >= 4 is 11.9 Å². The van der Waals surface area contributed by atoms with E-state index < -0.39 is 0 Å². The highest BCUT2D eigenvalue weighted by Gasteiger charge is 2.37. The maximum Gasteiger partial charge on any atom is 0.159 e. The molecule has 6 rings (SSSR count). The number of phenols is 1. The number of aryl methyl sites for hydroxylation is 1. The van der Waals surface area contributed by atoms with Crippen molar-refractivity contribution in [3.63, 3.8) is 0 Å². The zero-order chi connectivity index (χ0) is 20.9. The number of nitrogens with one attached hydrogen (secondary N) is 1. The number of phenolic OH excluding ortho intramolecular Hbond substituents is 1. The first-order valence-corrected chi connectivity index (χ1v) is 11.0. The molecule has 3 atom stereocenters. The van der Waals surface area contributed by atoms with E-state index in [1.165, 1.54) is 25.7 Å². The molecular weight excluding hydrogens is 388 g/mol. The third kappa shape index (κ3) is 3.29. The van der Waals surface area contributed by atoms with Crippen LogP contribution >= 0.6 is 0 Å². The number of piperidine rings is 1. The summed E-state index contributed by atoms with van der Waals surface area (Å²) >= 11 is 0. The summed E-state index contributed by atoms with van der Waals surface area (Å²) in [5.74, 6) is 1.16. The van der Waals surface area contributed by atoms with E-state index in [2.05, 4.69) is 37.7 Å². The van der Waals surface area contributed by atoms with Gasteiger partial charge in [0.25, 0.3) is 0 Å². The SMILES string of the molecule is Cn1cc(-c2ccc(-c3cc4c(nn3)N(C3C[C@H]5CC[C@@H](C3)N5)CC=C4)c(O)c2)cn1. The number of anilines is 1. The topological polar surface area (TPSA) is 79.1 Å². The number of benzene rings is 1. The Hall–Kier alpha value is -3.19. The Morgan fingerprint density at radius 2 is 1.90 bits per heavy atom. The molecule has 1 aromatic carbocycles. The van der Waals surface area contributed by atoms with Crippen molar-refractivity contribution in [2.75, 3.05) is 11.4 Å². The van der Waals surface area contributed by atoms with Gasteiger partial charge in [0.2, 0.25) is 0 Å². The molecule has 158 valence electrons. The lowest BCUT2D eigenvalue weighted by atomic mass is 9.96. The van der Waals surface area contributed by atoms with Crippen molar-refractivity contribution in [2.24, 2.45) is 7.05 Å². The van der Waals surface area contributed by atoms with Gasteiger partial charge in [0.15, 0.2) is 5.82 Å². The van der Waals surface area contributed by atoms with Gasteiger partial charge in [-0.2, -0.15) is 5.10 Å². The summed E-state index contributed by atoms with van der Waals surface area (Å²) < 4.78 is 1.75. The van der Waals surface area contributed by atoms with Gasteiger partial charge >= 0.3 is 0 Å². The van der Waals surface area contributed by atoms with Gasteiger partial charge in [0, 0.05) is 54.6 Å². The van der Waals surface area contributed by atoms with E-state index in [1.54, 1.807) is 16.9 Å². The Kier molecular flexibility index (Phi) is 4.31. The molecule has 0 amide bonds. The van der Waals surface area contributed by atoms with E-state index in [9.17, 15) is 5.11 Å². The molecule has 2 saturated heterocycles.